The van der Waals surface area contributed by atoms with Crippen LogP contribution < -0.4 is 15.5 Å². The number of nitrogens with one attached hydrogen (secondary N) is 4. The van der Waals surface area contributed by atoms with Crippen molar-refractivity contribution in [3.63, 3.8) is 0 Å². The van der Waals surface area contributed by atoms with Gasteiger partial charge >= 0.3 is 12.1 Å². The van der Waals surface area contributed by atoms with Gasteiger partial charge in [0, 0.05) is 24.8 Å². The highest BCUT2D eigenvalue weighted by Crippen LogP contribution is 2.27. The van der Waals surface area contributed by atoms with E-state index in [-0.39, 0.29) is 46.8 Å². The van der Waals surface area contributed by atoms with Crippen LogP contribution in [0.15, 0.2) is 53.7 Å². The monoisotopic (exact) mass is 618 g/mol. The fourth-order valence-corrected chi connectivity index (χ4v) is 4.27. The van der Waals surface area contributed by atoms with Crippen LogP contribution in [-0.4, -0.2) is 66.0 Å². The molecule has 0 fully saturated rings. The highest BCUT2D eigenvalue weighted by atomic mass is 16.7. The van der Waals surface area contributed by atoms with E-state index in [9.17, 15) is 24.3 Å². The number of hydrogen-bond donors (Lipinski definition) is 5. The molecule has 0 saturated carbocycles. The Morgan fingerprint density at radius 3 is 2.29 bits per heavy atom. The predicted octanol–water partition coefficient (Wildman–Crippen LogP) is 4.36. The molecule has 1 aromatic heterocycles. The molecule has 3 amide bonds. The molecule has 0 aliphatic carbocycles. The molecule has 0 bridgehead atoms. The number of anilines is 1. The summed E-state index contributed by atoms with van der Waals surface area (Å²) < 4.78 is 10.5. The lowest BCUT2D eigenvalue weighted by atomic mass is 10.1. The molecule has 45 heavy (non-hydrogen) atoms. The number of nitrogens with zero attached hydrogens (tertiary/aromatic N) is 2. The number of ether oxygens (including phenoxy) is 2. The van der Waals surface area contributed by atoms with Gasteiger partial charge in [-0.25, -0.2) is 14.7 Å². The number of aliphatic imine (C=N–C) groups is 1. The van der Waals surface area contributed by atoms with Gasteiger partial charge in [0.1, 0.15) is 12.1 Å². The van der Waals surface area contributed by atoms with Gasteiger partial charge in [0.15, 0.2) is 5.84 Å². The van der Waals surface area contributed by atoms with Gasteiger partial charge in [-0.2, -0.15) is 0 Å². The number of aromatic amines is 1. The quantitative estimate of drug-likeness (QED) is 0.0815. The third-order valence-electron chi connectivity index (χ3n) is 6.66. The van der Waals surface area contributed by atoms with Gasteiger partial charge in [-0.15, -0.1) is 0 Å². The Morgan fingerprint density at radius 1 is 0.978 bits per heavy atom. The number of hydrogen-bond acceptors (Lipinski definition) is 8. The van der Waals surface area contributed by atoms with Crippen molar-refractivity contribution in [1.29, 1.82) is 5.41 Å². The first-order chi connectivity index (χ1) is 21.6. The van der Waals surface area contributed by atoms with Gasteiger partial charge in [0.05, 0.1) is 23.4 Å². The molecule has 0 saturated heterocycles. The topological polar surface area (TPSA) is 186 Å². The summed E-state index contributed by atoms with van der Waals surface area (Å²) in [7, 11) is 0. The molecule has 13 heteroatoms. The molecule has 0 unspecified atom stereocenters. The number of esters is 1. The predicted molar refractivity (Wildman–Crippen MR) is 169 cm³/mol. The van der Waals surface area contributed by atoms with Crippen molar-refractivity contribution in [1.82, 2.24) is 15.6 Å². The molecule has 3 aromatic rings. The Bertz CT molecular complexity index is 1560. The number of carbonyl (C=O) groups is 4. The van der Waals surface area contributed by atoms with Gasteiger partial charge in [-0.1, -0.05) is 32.0 Å². The number of H-pyrrole nitrogens is 1. The van der Waals surface area contributed by atoms with Crippen molar-refractivity contribution in [3.05, 3.63) is 82.2 Å². The summed E-state index contributed by atoms with van der Waals surface area (Å²) >= 11 is 0. The summed E-state index contributed by atoms with van der Waals surface area (Å²) in [6, 6.07) is 10.8. The summed E-state index contributed by atoms with van der Waals surface area (Å²) in [4.78, 5) is 59.9. The van der Waals surface area contributed by atoms with E-state index in [0.717, 1.165) is 24.1 Å². The number of aromatic hydroxyl groups is 1. The fraction of sp³-hybridized carbons (Fsp3) is 0.312. The second-order valence-corrected chi connectivity index (χ2v) is 10.0. The van der Waals surface area contributed by atoms with E-state index < -0.39 is 18.9 Å². The Hall–Kier alpha value is -5.46. The van der Waals surface area contributed by atoms with Crippen LogP contribution in [0.2, 0.25) is 0 Å². The second-order valence-electron chi connectivity index (χ2n) is 10.0. The van der Waals surface area contributed by atoms with Crippen molar-refractivity contribution in [2.75, 3.05) is 24.8 Å². The van der Waals surface area contributed by atoms with Crippen molar-refractivity contribution in [2.45, 2.75) is 47.0 Å². The number of phenols is 1. The van der Waals surface area contributed by atoms with Crippen molar-refractivity contribution >= 4 is 41.7 Å². The van der Waals surface area contributed by atoms with E-state index >= 15 is 0 Å². The molecule has 13 nitrogen and oxygen atoms in total. The van der Waals surface area contributed by atoms with Crippen LogP contribution in [0.5, 0.6) is 5.75 Å². The SMILES string of the molecule is CCCNC(=O)c1ccc(C)c(N(C(=O)OCOC(=O)Cc2ccc(O)cc2)C(=NC=N)c2[nH]cc(C(=O)NCCC)c2C)c1. The van der Waals surface area contributed by atoms with Gasteiger partial charge in [-0.3, -0.25) is 19.8 Å². The number of carbonyl (C=O) groups excluding carboxylic acids is 4. The van der Waals surface area contributed by atoms with E-state index in [2.05, 4.69) is 20.6 Å². The minimum Gasteiger partial charge on any atom is -0.508 e. The normalized spacial score (nSPS) is 11.0. The first kappa shape index (κ1) is 34.0. The number of benzene rings is 2. The van der Waals surface area contributed by atoms with Crippen molar-refractivity contribution in [3.8, 4) is 5.75 Å². The standard InChI is InChI=1S/C32H38N6O7/c1-5-13-34-30(41)23-10-7-20(3)26(16-23)38(32(43)45-19-44-27(40)15-22-8-11-24(39)12-9-22)29(37-18-33)28-21(4)25(17-36-28)31(42)35-14-6-2/h7-12,16-18,33,36,39H,5-6,13-15,19H2,1-4H3,(H,34,41)(H,35,42). The maximum atomic E-state index is 13.7. The number of rotatable bonds is 13. The number of phenolic OH excluding ortho intramolecular Hbond substituents is 1. The zero-order valence-electron chi connectivity index (χ0n) is 25.7. The number of aromatic nitrogens is 1. The molecule has 1 heterocycles. The van der Waals surface area contributed by atoms with Crippen LogP contribution in [-0.2, 0) is 20.7 Å². The van der Waals surface area contributed by atoms with E-state index in [1.54, 1.807) is 38.1 Å². The summed E-state index contributed by atoms with van der Waals surface area (Å²) in [5.74, 6) is -1.40. The lowest BCUT2D eigenvalue weighted by molar-refractivity contribution is -0.150. The molecule has 5 N–H and O–H groups in total. The van der Waals surface area contributed by atoms with Crippen LogP contribution in [0.25, 0.3) is 0 Å². The molecule has 238 valence electrons. The summed E-state index contributed by atoms with van der Waals surface area (Å²) in [5.41, 5.74) is 2.65. The van der Waals surface area contributed by atoms with E-state index in [1.165, 1.54) is 24.4 Å². The fourth-order valence-electron chi connectivity index (χ4n) is 4.27. The minimum atomic E-state index is -1.02. The molecule has 0 aliphatic heterocycles. The van der Waals surface area contributed by atoms with Crippen LogP contribution in [0.1, 0.15) is 69.8 Å². The van der Waals surface area contributed by atoms with E-state index in [0.29, 0.717) is 35.3 Å². The Kier molecular flexibility index (Phi) is 12.4. The van der Waals surface area contributed by atoms with Crippen LogP contribution in [0.4, 0.5) is 10.5 Å². The van der Waals surface area contributed by atoms with Crippen LogP contribution in [0.3, 0.4) is 0 Å². The van der Waals surface area contributed by atoms with Crippen molar-refractivity contribution in [2.24, 2.45) is 4.99 Å². The Labute approximate surface area is 261 Å². The molecule has 2 aromatic carbocycles. The average Bonchev–Trinajstić information content (AvgIpc) is 3.41. The summed E-state index contributed by atoms with van der Waals surface area (Å²) in [6.45, 7) is 7.42. The van der Waals surface area contributed by atoms with Gasteiger partial charge in [0.25, 0.3) is 11.8 Å². The lowest BCUT2D eigenvalue weighted by Gasteiger charge is -2.25. The smallest absolute Gasteiger partial charge is 0.423 e. The zero-order chi connectivity index (χ0) is 32.9. The highest BCUT2D eigenvalue weighted by Gasteiger charge is 2.30. The maximum Gasteiger partial charge on any atom is 0.423 e. The lowest BCUT2D eigenvalue weighted by Crippen LogP contribution is -2.40. The van der Waals surface area contributed by atoms with Gasteiger partial charge in [0.2, 0.25) is 6.79 Å². The van der Waals surface area contributed by atoms with Crippen LogP contribution in [0, 0.1) is 19.3 Å². The van der Waals surface area contributed by atoms with Crippen molar-refractivity contribution < 1.29 is 33.8 Å². The van der Waals surface area contributed by atoms with E-state index in [4.69, 9.17) is 14.9 Å². The number of amidine groups is 1. The molecule has 0 aliphatic rings. The van der Waals surface area contributed by atoms with E-state index in [1.807, 2.05) is 13.8 Å². The largest absolute Gasteiger partial charge is 0.508 e. The number of aryl methyl sites for hydroxylation is 1. The first-order valence-electron chi connectivity index (χ1n) is 14.4. The summed E-state index contributed by atoms with van der Waals surface area (Å²) in [5, 5.41) is 22.8. The second kappa shape index (κ2) is 16.4. The molecule has 0 spiro atoms. The van der Waals surface area contributed by atoms with Crippen LogP contribution >= 0.6 is 0 Å². The molecular weight excluding hydrogens is 580 g/mol. The Morgan fingerprint density at radius 2 is 1.64 bits per heavy atom. The van der Waals surface area contributed by atoms with Gasteiger partial charge in [-0.05, 0) is 67.6 Å². The number of amides is 3. The molecular formula is C32H38N6O7. The third kappa shape index (κ3) is 9.02. The maximum absolute atomic E-state index is 13.7. The third-order valence-corrected chi connectivity index (χ3v) is 6.66. The Balaban J connectivity index is 1.98. The molecule has 3 rings (SSSR count). The highest BCUT2D eigenvalue weighted by molar-refractivity contribution is 6.24. The summed E-state index contributed by atoms with van der Waals surface area (Å²) in [6.07, 6.45) is 2.53. The zero-order valence-corrected chi connectivity index (χ0v) is 25.7. The molecule has 0 radical (unpaired) electrons. The van der Waals surface area contributed by atoms with Gasteiger partial charge < -0.3 is 30.2 Å². The molecule has 0 atom stereocenters. The minimum absolute atomic E-state index is 0.0525. The average molecular weight is 619 g/mol. The first-order valence-corrected chi connectivity index (χ1v) is 14.4.